The van der Waals surface area contributed by atoms with Crippen LogP contribution in [0, 0.1) is 5.82 Å². The van der Waals surface area contributed by atoms with E-state index in [0.717, 1.165) is 29.7 Å². The summed E-state index contributed by atoms with van der Waals surface area (Å²) in [5, 5.41) is 11.7. The first-order chi connectivity index (χ1) is 16.0. The molecule has 0 bridgehead atoms. The van der Waals surface area contributed by atoms with Gasteiger partial charge in [-0.15, -0.1) is 10.2 Å². The second kappa shape index (κ2) is 9.95. The quantitative estimate of drug-likeness (QED) is 0.564. The van der Waals surface area contributed by atoms with Crippen LogP contribution in [0.3, 0.4) is 0 Å². The molecule has 0 saturated carbocycles. The third-order valence-electron chi connectivity index (χ3n) is 5.40. The average Bonchev–Trinajstić information content (AvgIpc) is 3.50. The number of nitrogens with zero attached hydrogens (tertiary/aromatic N) is 3. The molecule has 1 saturated heterocycles. The van der Waals surface area contributed by atoms with E-state index in [9.17, 15) is 14.0 Å². The minimum absolute atomic E-state index is 0.0303. The molecule has 0 aliphatic carbocycles. The maximum absolute atomic E-state index is 13.1. The smallest absolute Gasteiger partial charge is 0.286 e. The molecule has 2 aromatic carbocycles. The predicted molar refractivity (Wildman–Crippen MR) is 121 cm³/mol. The van der Waals surface area contributed by atoms with Crippen LogP contribution in [-0.4, -0.2) is 47.7 Å². The van der Waals surface area contributed by atoms with E-state index in [-0.39, 0.29) is 29.2 Å². The lowest BCUT2D eigenvalue weighted by atomic mass is 10.1. The van der Waals surface area contributed by atoms with Gasteiger partial charge in [-0.25, -0.2) is 4.39 Å². The number of hydrogen-bond donors (Lipinski definition) is 1. The highest BCUT2D eigenvalue weighted by molar-refractivity contribution is 7.13. The summed E-state index contributed by atoms with van der Waals surface area (Å²) in [6.07, 6.45) is 1.82. The van der Waals surface area contributed by atoms with E-state index in [2.05, 4.69) is 15.5 Å². The van der Waals surface area contributed by atoms with Crippen molar-refractivity contribution in [2.45, 2.75) is 25.3 Å². The number of benzene rings is 2. The molecule has 1 fully saturated rings. The normalized spacial score (nSPS) is 15.4. The molecule has 33 heavy (non-hydrogen) atoms. The largest absolute Gasteiger partial charge is 0.493 e. The molecular formula is C23H23FN4O4S. The zero-order chi connectivity index (χ0) is 23.4. The van der Waals surface area contributed by atoms with E-state index in [4.69, 9.17) is 9.47 Å². The first kappa shape index (κ1) is 22.7. The van der Waals surface area contributed by atoms with Gasteiger partial charge in [0.1, 0.15) is 10.8 Å². The van der Waals surface area contributed by atoms with Gasteiger partial charge in [0.25, 0.3) is 5.91 Å². The van der Waals surface area contributed by atoms with Crippen LogP contribution in [0.4, 0.5) is 10.1 Å². The van der Waals surface area contributed by atoms with Gasteiger partial charge in [-0.05, 0) is 54.8 Å². The minimum Gasteiger partial charge on any atom is -0.493 e. The number of carbonyl (C=O) groups excluding carboxylic acids is 2. The number of carbonyl (C=O) groups is 2. The van der Waals surface area contributed by atoms with Gasteiger partial charge in [0.05, 0.1) is 26.7 Å². The minimum atomic E-state index is -0.424. The van der Waals surface area contributed by atoms with Crippen molar-refractivity contribution in [3.05, 3.63) is 63.9 Å². The summed E-state index contributed by atoms with van der Waals surface area (Å²) in [6, 6.07) is 10.7. The first-order valence-corrected chi connectivity index (χ1v) is 11.2. The van der Waals surface area contributed by atoms with Gasteiger partial charge in [-0.3, -0.25) is 9.59 Å². The molecule has 1 atom stereocenters. The molecule has 4 rings (SSSR count). The third kappa shape index (κ3) is 5.11. The Morgan fingerprint density at radius 1 is 1.12 bits per heavy atom. The number of rotatable bonds is 7. The van der Waals surface area contributed by atoms with Crippen LogP contribution in [0.25, 0.3) is 0 Å². The van der Waals surface area contributed by atoms with E-state index >= 15 is 0 Å². The molecule has 2 amide bonds. The Hall–Kier alpha value is -3.53. The summed E-state index contributed by atoms with van der Waals surface area (Å²) in [6.45, 7) is 0.619. The number of likely N-dealkylation sites (tertiary alicyclic amines) is 1. The van der Waals surface area contributed by atoms with Gasteiger partial charge in [0.2, 0.25) is 10.9 Å². The summed E-state index contributed by atoms with van der Waals surface area (Å²) in [5.41, 5.74) is 1.28. The number of nitrogens with one attached hydrogen (secondary N) is 1. The summed E-state index contributed by atoms with van der Waals surface area (Å²) in [4.78, 5) is 27.3. The van der Waals surface area contributed by atoms with Crippen LogP contribution >= 0.6 is 11.3 Å². The number of aromatic nitrogens is 2. The van der Waals surface area contributed by atoms with Crippen LogP contribution in [0.2, 0.25) is 0 Å². The molecule has 1 aromatic heterocycles. The van der Waals surface area contributed by atoms with Gasteiger partial charge in [0.15, 0.2) is 11.5 Å². The van der Waals surface area contributed by atoms with E-state index < -0.39 is 5.91 Å². The van der Waals surface area contributed by atoms with E-state index in [1.54, 1.807) is 31.3 Å². The predicted octanol–water partition coefficient (Wildman–Crippen LogP) is 3.85. The fourth-order valence-corrected chi connectivity index (χ4v) is 4.65. The molecular weight excluding hydrogens is 447 g/mol. The van der Waals surface area contributed by atoms with Crippen molar-refractivity contribution < 1.29 is 23.5 Å². The highest BCUT2D eigenvalue weighted by Crippen LogP contribution is 2.35. The molecule has 1 aliphatic rings. The van der Waals surface area contributed by atoms with Crippen LogP contribution in [0.1, 0.15) is 39.3 Å². The Bertz CT molecular complexity index is 1150. The Morgan fingerprint density at radius 2 is 1.88 bits per heavy atom. The van der Waals surface area contributed by atoms with Crippen LogP contribution in [0.5, 0.6) is 11.5 Å². The lowest BCUT2D eigenvalue weighted by Gasteiger charge is -2.23. The molecule has 0 spiro atoms. The zero-order valence-electron chi connectivity index (χ0n) is 18.2. The van der Waals surface area contributed by atoms with Crippen LogP contribution in [0.15, 0.2) is 42.5 Å². The number of amides is 2. The number of anilines is 1. The van der Waals surface area contributed by atoms with Crippen molar-refractivity contribution in [2.75, 3.05) is 26.1 Å². The second-order valence-corrected chi connectivity index (χ2v) is 8.53. The lowest BCUT2D eigenvalue weighted by Crippen LogP contribution is -2.31. The van der Waals surface area contributed by atoms with Gasteiger partial charge < -0.3 is 19.7 Å². The number of ether oxygens (including phenoxy) is 2. The topological polar surface area (TPSA) is 93.7 Å². The molecule has 172 valence electrons. The molecule has 0 unspecified atom stereocenters. The molecule has 3 aromatic rings. The first-order valence-electron chi connectivity index (χ1n) is 10.4. The standard InChI is InChI=1S/C23H23FN4O4S/c1-31-18-10-5-14(12-19(18)32-2)13-20(29)28-11-3-4-17(28)22-26-27-23(33-22)21(30)25-16-8-6-15(24)7-9-16/h5-10,12,17H,3-4,11,13H2,1-2H3,(H,25,30)/t17-/m0/s1. The third-order valence-corrected chi connectivity index (χ3v) is 6.42. The fraction of sp³-hybridized carbons (Fsp3) is 0.304. The van der Waals surface area contributed by atoms with E-state index in [0.29, 0.717) is 28.7 Å². The zero-order valence-corrected chi connectivity index (χ0v) is 19.0. The average molecular weight is 471 g/mol. The van der Waals surface area contributed by atoms with Gasteiger partial charge >= 0.3 is 0 Å². The molecule has 1 N–H and O–H groups in total. The van der Waals surface area contributed by atoms with Crippen molar-refractivity contribution in [3.63, 3.8) is 0 Å². The van der Waals surface area contributed by atoms with Crippen LogP contribution in [-0.2, 0) is 11.2 Å². The fourth-order valence-electron chi connectivity index (χ4n) is 3.77. The van der Waals surface area contributed by atoms with Gasteiger partial charge in [0, 0.05) is 12.2 Å². The highest BCUT2D eigenvalue weighted by atomic mass is 32.1. The molecule has 8 nitrogen and oxygen atoms in total. The number of methoxy groups -OCH3 is 2. The van der Waals surface area contributed by atoms with Crippen LogP contribution < -0.4 is 14.8 Å². The monoisotopic (exact) mass is 470 g/mol. The van der Waals surface area contributed by atoms with Crippen molar-refractivity contribution in [3.8, 4) is 11.5 Å². The lowest BCUT2D eigenvalue weighted by molar-refractivity contribution is -0.131. The Kier molecular flexibility index (Phi) is 6.83. The van der Waals surface area contributed by atoms with Crippen molar-refractivity contribution in [2.24, 2.45) is 0 Å². The van der Waals surface area contributed by atoms with Crippen molar-refractivity contribution in [1.82, 2.24) is 15.1 Å². The van der Waals surface area contributed by atoms with E-state index in [1.165, 1.54) is 24.3 Å². The molecule has 1 aliphatic heterocycles. The second-order valence-electron chi connectivity index (χ2n) is 7.52. The maximum Gasteiger partial charge on any atom is 0.286 e. The summed E-state index contributed by atoms with van der Waals surface area (Å²) >= 11 is 1.16. The Labute approximate surface area is 194 Å². The number of halogens is 1. The highest BCUT2D eigenvalue weighted by Gasteiger charge is 2.33. The maximum atomic E-state index is 13.1. The van der Waals surface area contributed by atoms with E-state index in [1.807, 2.05) is 6.07 Å². The number of hydrogen-bond acceptors (Lipinski definition) is 7. The summed E-state index contributed by atoms with van der Waals surface area (Å²) in [5.74, 6) is 0.337. The molecule has 2 heterocycles. The Morgan fingerprint density at radius 3 is 2.61 bits per heavy atom. The SMILES string of the molecule is COc1ccc(CC(=O)N2CCC[C@H]2c2nnc(C(=O)Nc3ccc(F)cc3)s2)cc1OC. The Balaban J connectivity index is 1.44. The van der Waals surface area contributed by atoms with Gasteiger partial charge in [-0.2, -0.15) is 0 Å². The van der Waals surface area contributed by atoms with Crippen molar-refractivity contribution >= 4 is 28.8 Å². The summed E-state index contributed by atoms with van der Waals surface area (Å²) in [7, 11) is 3.12. The van der Waals surface area contributed by atoms with Crippen molar-refractivity contribution in [1.29, 1.82) is 0 Å². The van der Waals surface area contributed by atoms with Gasteiger partial charge in [-0.1, -0.05) is 17.4 Å². The molecule has 0 radical (unpaired) electrons. The molecule has 10 heteroatoms. The summed E-state index contributed by atoms with van der Waals surface area (Å²) < 4.78 is 23.6.